The van der Waals surface area contributed by atoms with E-state index in [1.165, 1.54) is 5.56 Å². The topological polar surface area (TPSA) is 29.5 Å². The predicted octanol–water partition coefficient (Wildman–Crippen LogP) is 3.04. The van der Waals surface area contributed by atoms with E-state index >= 15 is 0 Å². The van der Waals surface area contributed by atoms with Crippen molar-refractivity contribution in [1.29, 1.82) is 0 Å². The number of hydrogen-bond acceptors (Lipinski definition) is 2. The minimum absolute atomic E-state index is 0.0822. The van der Waals surface area contributed by atoms with E-state index < -0.39 is 5.41 Å². The molecule has 2 unspecified atom stereocenters. The number of likely N-dealkylation sites (N-methyl/N-ethyl adjacent to an activating group) is 1. The summed E-state index contributed by atoms with van der Waals surface area (Å²) in [5.74, 6) is 0.166. The molecule has 0 radical (unpaired) electrons. The van der Waals surface area contributed by atoms with Gasteiger partial charge in [-0.1, -0.05) is 17.7 Å². The van der Waals surface area contributed by atoms with Gasteiger partial charge in [0.25, 0.3) is 0 Å². The van der Waals surface area contributed by atoms with Crippen molar-refractivity contribution in [3.05, 3.63) is 29.3 Å². The van der Waals surface area contributed by atoms with E-state index in [1.54, 1.807) is 4.90 Å². The van der Waals surface area contributed by atoms with Crippen molar-refractivity contribution in [2.24, 2.45) is 0 Å². The molecule has 0 bridgehead atoms. The van der Waals surface area contributed by atoms with Crippen LogP contribution in [0.3, 0.4) is 0 Å². The van der Waals surface area contributed by atoms with Crippen LogP contribution in [0.4, 0.5) is 5.69 Å². The zero-order valence-corrected chi connectivity index (χ0v) is 12.5. The van der Waals surface area contributed by atoms with Gasteiger partial charge in [0, 0.05) is 19.3 Å². The molecule has 0 saturated carbocycles. The van der Waals surface area contributed by atoms with Crippen LogP contribution in [-0.4, -0.2) is 25.7 Å². The third kappa shape index (κ3) is 2.27. The first-order valence-corrected chi connectivity index (χ1v) is 6.91. The standard InChI is InChI=1S/C16H23NO2/c1-6-19-12(3)10-16(4)13-9-11(2)7-8-14(13)17(5)15(16)18/h7-9,12H,6,10H2,1-5H3. The third-order valence-corrected chi connectivity index (χ3v) is 4.03. The average molecular weight is 261 g/mol. The number of nitrogens with zero attached hydrogens (tertiary/aromatic N) is 1. The van der Waals surface area contributed by atoms with Gasteiger partial charge in [-0.15, -0.1) is 0 Å². The van der Waals surface area contributed by atoms with Crippen LogP contribution in [0, 0.1) is 6.92 Å². The van der Waals surface area contributed by atoms with Crippen LogP contribution >= 0.6 is 0 Å². The normalized spacial score (nSPS) is 23.6. The molecule has 0 N–H and O–H groups in total. The van der Waals surface area contributed by atoms with Crippen LogP contribution in [-0.2, 0) is 14.9 Å². The van der Waals surface area contributed by atoms with Crippen molar-refractivity contribution in [2.75, 3.05) is 18.6 Å². The summed E-state index contributed by atoms with van der Waals surface area (Å²) in [6.07, 6.45) is 0.805. The van der Waals surface area contributed by atoms with Crippen LogP contribution < -0.4 is 4.90 Å². The fraction of sp³-hybridized carbons (Fsp3) is 0.562. The highest BCUT2D eigenvalue weighted by Crippen LogP contribution is 2.44. The van der Waals surface area contributed by atoms with E-state index in [4.69, 9.17) is 4.74 Å². The van der Waals surface area contributed by atoms with E-state index in [0.29, 0.717) is 6.61 Å². The van der Waals surface area contributed by atoms with E-state index in [9.17, 15) is 4.79 Å². The SMILES string of the molecule is CCOC(C)CC1(C)C(=O)N(C)c2ccc(C)cc21. The van der Waals surface area contributed by atoms with Crippen LogP contribution in [0.25, 0.3) is 0 Å². The van der Waals surface area contributed by atoms with Crippen molar-refractivity contribution in [1.82, 2.24) is 0 Å². The number of benzene rings is 1. The molecule has 1 aliphatic rings. The lowest BCUT2D eigenvalue weighted by Gasteiger charge is -2.26. The third-order valence-electron chi connectivity index (χ3n) is 4.03. The number of ether oxygens (including phenoxy) is 1. The van der Waals surface area contributed by atoms with Gasteiger partial charge < -0.3 is 9.64 Å². The number of carbonyl (C=O) groups excluding carboxylic acids is 1. The lowest BCUT2D eigenvalue weighted by atomic mass is 9.78. The molecule has 1 aliphatic heterocycles. The first-order chi connectivity index (χ1) is 8.90. The molecular formula is C16H23NO2. The molecule has 19 heavy (non-hydrogen) atoms. The summed E-state index contributed by atoms with van der Waals surface area (Å²) < 4.78 is 5.63. The summed E-state index contributed by atoms with van der Waals surface area (Å²) in [6.45, 7) is 8.80. The second-order valence-electron chi connectivity index (χ2n) is 5.69. The summed E-state index contributed by atoms with van der Waals surface area (Å²) in [4.78, 5) is 14.4. The Morgan fingerprint density at radius 1 is 1.42 bits per heavy atom. The molecule has 2 atom stereocenters. The average Bonchev–Trinajstić information content (AvgIpc) is 2.52. The Kier molecular flexibility index (Phi) is 3.68. The number of hydrogen-bond donors (Lipinski definition) is 0. The first kappa shape index (κ1) is 14.1. The summed E-state index contributed by atoms with van der Waals surface area (Å²) in [7, 11) is 1.85. The van der Waals surface area contributed by atoms with Gasteiger partial charge in [0.1, 0.15) is 0 Å². The minimum atomic E-state index is -0.468. The van der Waals surface area contributed by atoms with Gasteiger partial charge >= 0.3 is 0 Å². The Morgan fingerprint density at radius 3 is 2.74 bits per heavy atom. The van der Waals surface area contributed by atoms with Crippen molar-refractivity contribution < 1.29 is 9.53 Å². The molecule has 0 aromatic heterocycles. The van der Waals surface area contributed by atoms with E-state index in [1.807, 2.05) is 33.9 Å². The Balaban J connectivity index is 2.41. The maximum absolute atomic E-state index is 12.6. The largest absolute Gasteiger partial charge is 0.379 e. The second kappa shape index (κ2) is 4.97. The molecule has 3 nitrogen and oxygen atoms in total. The van der Waals surface area contributed by atoms with Gasteiger partial charge in [0.2, 0.25) is 5.91 Å². The highest BCUT2D eigenvalue weighted by atomic mass is 16.5. The number of carbonyl (C=O) groups is 1. The monoisotopic (exact) mass is 261 g/mol. The molecule has 2 rings (SSSR count). The van der Waals surface area contributed by atoms with Crippen molar-refractivity contribution in [3.8, 4) is 0 Å². The molecule has 1 aromatic carbocycles. The molecule has 104 valence electrons. The quantitative estimate of drug-likeness (QED) is 0.833. The van der Waals surface area contributed by atoms with E-state index in [0.717, 1.165) is 17.7 Å². The first-order valence-electron chi connectivity index (χ1n) is 6.91. The zero-order valence-electron chi connectivity index (χ0n) is 12.5. The van der Waals surface area contributed by atoms with E-state index in [-0.39, 0.29) is 12.0 Å². The molecule has 0 spiro atoms. The number of amides is 1. The van der Waals surface area contributed by atoms with Gasteiger partial charge in [-0.3, -0.25) is 4.79 Å². The molecule has 0 saturated heterocycles. The molecule has 1 heterocycles. The number of aryl methyl sites for hydroxylation is 1. The maximum Gasteiger partial charge on any atom is 0.237 e. The fourth-order valence-corrected chi connectivity index (χ4v) is 3.09. The molecule has 3 heteroatoms. The summed E-state index contributed by atoms with van der Waals surface area (Å²) in [5, 5.41) is 0. The maximum atomic E-state index is 12.6. The second-order valence-corrected chi connectivity index (χ2v) is 5.69. The van der Waals surface area contributed by atoms with Gasteiger partial charge in [0.05, 0.1) is 11.5 Å². The van der Waals surface area contributed by atoms with Crippen molar-refractivity contribution in [2.45, 2.75) is 45.6 Å². The minimum Gasteiger partial charge on any atom is -0.379 e. The Morgan fingerprint density at radius 2 is 2.11 bits per heavy atom. The summed E-state index contributed by atoms with van der Waals surface area (Å²) in [6, 6.07) is 6.23. The molecule has 1 aromatic rings. The Labute approximate surface area is 115 Å². The van der Waals surface area contributed by atoms with Crippen LogP contribution in [0.5, 0.6) is 0 Å². The van der Waals surface area contributed by atoms with Crippen molar-refractivity contribution >= 4 is 11.6 Å². The number of fused-ring (bicyclic) bond motifs is 1. The lowest BCUT2D eigenvalue weighted by molar-refractivity contribution is -0.123. The van der Waals surface area contributed by atoms with E-state index in [2.05, 4.69) is 19.1 Å². The molecule has 1 amide bonds. The van der Waals surface area contributed by atoms with Crippen LogP contribution in [0.1, 0.15) is 38.3 Å². The highest BCUT2D eigenvalue weighted by molar-refractivity contribution is 6.07. The molecule has 0 fully saturated rings. The van der Waals surface area contributed by atoms with Gasteiger partial charge in [-0.2, -0.15) is 0 Å². The highest BCUT2D eigenvalue weighted by Gasteiger charge is 2.46. The van der Waals surface area contributed by atoms with Gasteiger partial charge in [-0.25, -0.2) is 0 Å². The summed E-state index contributed by atoms with van der Waals surface area (Å²) >= 11 is 0. The summed E-state index contributed by atoms with van der Waals surface area (Å²) in [5.41, 5.74) is 2.88. The molecule has 0 aliphatic carbocycles. The van der Waals surface area contributed by atoms with Crippen LogP contribution in [0.2, 0.25) is 0 Å². The zero-order chi connectivity index (χ0) is 14.2. The fourth-order valence-electron chi connectivity index (χ4n) is 3.09. The van der Waals surface area contributed by atoms with Crippen molar-refractivity contribution in [3.63, 3.8) is 0 Å². The van der Waals surface area contributed by atoms with Crippen LogP contribution in [0.15, 0.2) is 18.2 Å². The smallest absolute Gasteiger partial charge is 0.237 e. The Hall–Kier alpha value is -1.35. The number of rotatable bonds is 4. The molecular weight excluding hydrogens is 238 g/mol. The van der Waals surface area contributed by atoms with Gasteiger partial charge in [0.15, 0.2) is 0 Å². The Bertz CT molecular complexity index is 498. The lowest BCUT2D eigenvalue weighted by Crippen LogP contribution is -2.38. The predicted molar refractivity (Wildman–Crippen MR) is 77.6 cm³/mol. The number of anilines is 1. The van der Waals surface area contributed by atoms with Gasteiger partial charge in [-0.05, 0) is 45.7 Å².